The molecule has 3 unspecified atom stereocenters. The number of carboxylic acid groups (broad SMARTS) is 1. The van der Waals surface area contributed by atoms with Crippen molar-refractivity contribution in [3.05, 3.63) is 35.4 Å². The summed E-state index contributed by atoms with van der Waals surface area (Å²) in [5.74, 6) is 6.11. The second kappa shape index (κ2) is 6.25. The summed E-state index contributed by atoms with van der Waals surface area (Å²) in [6, 6.07) is 7.81. The SMILES string of the molecule is Cc1cccc(C#CC2(O)CCCC3C2CCCN3C(=O)O)c1. The van der Waals surface area contributed by atoms with Gasteiger partial charge in [-0.25, -0.2) is 4.79 Å². The quantitative estimate of drug-likeness (QED) is 0.724. The maximum atomic E-state index is 11.4. The van der Waals surface area contributed by atoms with E-state index in [9.17, 15) is 15.0 Å². The number of amides is 1. The Morgan fingerprint density at radius 3 is 2.91 bits per heavy atom. The van der Waals surface area contributed by atoms with Gasteiger partial charge in [0.25, 0.3) is 0 Å². The van der Waals surface area contributed by atoms with E-state index in [-0.39, 0.29) is 12.0 Å². The minimum atomic E-state index is -1.08. The molecule has 1 aromatic carbocycles. The largest absolute Gasteiger partial charge is 0.465 e. The lowest BCUT2D eigenvalue weighted by atomic mass is 9.68. The third kappa shape index (κ3) is 3.20. The van der Waals surface area contributed by atoms with Gasteiger partial charge in [0.1, 0.15) is 5.60 Å². The highest BCUT2D eigenvalue weighted by Gasteiger charge is 2.48. The molecule has 1 heterocycles. The van der Waals surface area contributed by atoms with Crippen molar-refractivity contribution in [1.29, 1.82) is 0 Å². The number of hydrogen-bond donors (Lipinski definition) is 2. The molecule has 4 nitrogen and oxygen atoms in total. The van der Waals surface area contributed by atoms with Crippen LogP contribution in [0.3, 0.4) is 0 Å². The second-order valence-electron chi connectivity index (χ2n) is 6.73. The molecular weight excluding hydrogens is 290 g/mol. The number of rotatable bonds is 0. The van der Waals surface area contributed by atoms with Gasteiger partial charge in [-0.15, -0.1) is 0 Å². The Balaban J connectivity index is 1.87. The number of nitrogens with zero attached hydrogens (tertiary/aromatic N) is 1. The van der Waals surface area contributed by atoms with Crippen LogP contribution in [-0.2, 0) is 0 Å². The molecule has 1 aliphatic carbocycles. The molecule has 0 spiro atoms. The predicted molar refractivity (Wildman–Crippen MR) is 88.1 cm³/mol. The van der Waals surface area contributed by atoms with Crippen molar-refractivity contribution in [2.75, 3.05) is 6.54 Å². The zero-order valence-electron chi connectivity index (χ0n) is 13.5. The van der Waals surface area contributed by atoms with Crippen LogP contribution in [0.15, 0.2) is 24.3 Å². The van der Waals surface area contributed by atoms with Gasteiger partial charge >= 0.3 is 6.09 Å². The molecule has 2 fully saturated rings. The highest BCUT2D eigenvalue weighted by atomic mass is 16.4. The molecule has 1 saturated carbocycles. The van der Waals surface area contributed by atoms with E-state index in [1.807, 2.05) is 31.2 Å². The molecule has 0 aromatic heterocycles. The molecule has 3 atom stereocenters. The van der Waals surface area contributed by atoms with Gasteiger partial charge in [0, 0.05) is 24.1 Å². The van der Waals surface area contributed by atoms with Gasteiger partial charge in [0.05, 0.1) is 0 Å². The lowest BCUT2D eigenvalue weighted by Crippen LogP contribution is -2.57. The van der Waals surface area contributed by atoms with E-state index in [0.717, 1.165) is 36.8 Å². The summed E-state index contributed by atoms with van der Waals surface area (Å²) in [4.78, 5) is 13.0. The van der Waals surface area contributed by atoms with Crippen molar-refractivity contribution in [2.24, 2.45) is 5.92 Å². The Morgan fingerprint density at radius 2 is 2.17 bits per heavy atom. The van der Waals surface area contributed by atoms with E-state index < -0.39 is 11.7 Å². The van der Waals surface area contributed by atoms with Crippen LogP contribution in [0.4, 0.5) is 4.79 Å². The smallest absolute Gasteiger partial charge is 0.407 e. The van der Waals surface area contributed by atoms with E-state index in [2.05, 4.69) is 11.8 Å². The Kier molecular flexibility index (Phi) is 4.32. The summed E-state index contributed by atoms with van der Waals surface area (Å²) >= 11 is 0. The van der Waals surface area contributed by atoms with Crippen LogP contribution in [0.5, 0.6) is 0 Å². The van der Waals surface area contributed by atoms with Crippen molar-refractivity contribution >= 4 is 6.09 Å². The summed E-state index contributed by atoms with van der Waals surface area (Å²) in [6.07, 6.45) is 3.01. The molecule has 122 valence electrons. The van der Waals surface area contributed by atoms with Crippen molar-refractivity contribution in [2.45, 2.75) is 50.7 Å². The van der Waals surface area contributed by atoms with Crippen molar-refractivity contribution in [3.63, 3.8) is 0 Å². The summed E-state index contributed by atoms with van der Waals surface area (Å²) < 4.78 is 0. The summed E-state index contributed by atoms with van der Waals surface area (Å²) in [5, 5.41) is 20.5. The molecule has 1 aromatic rings. The van der Waals surface area contributed by atoms with Crippen LogP contribution in [0.1, 0.15) is 43.2 Å². The van der Waals surface area contributed by atoms with Crippen molar-refractivity contribution in [1.82, 2.24) is 4.90 Å². The molecule has 2 aliphatic rings. The molecular formula is C19H23NO3. The Hall–Kier alpha value is -1.99. The number of benzene rings is 1. The summed E-state index contributed by atoms with van der Waals surface area (Å²) in [7, 11) is 0. The Labute approximate surface area is 137 Å². The fraction of sp³-hybridized carbons (Fsp3) is 0.526. The fourth-order valence-electron chi connectivity index (χ4n) is 4.03. The van der Waals surface area contributed by atoms with Gasteiger partial charge in [-0.2, -0.15) is 0 Å². The van der Waals surface area contributed by atoms with Gasteiger partial charge < -0.3 is 15.1 Å². The number of piperidine rings is 1. The first-order valence-corrected chi connectivity index (χ1v) is 8.31. The number of fused-ring (bicyclic) bond motifs is 1. The number of aryl methyl sites for hydroxylation is 1. The molecule has 1 saturated heterocycles. The van der Waals surface area contributed by atoms with Gasteiger partial charge in [-0.1, -0.05) is 24.0 Å². The van der Waals surface area contributed by atoms with Gasteiger partial charge in [-0.3, -0.25) is 0 Å². The normalized spacial score (nSPS) is 30.1. The van der Waals surface area contributed by atoms with Crippen LogP contribution in [0, 0.1) is 24.7 Å². The molecule has 2 N–H and O–H groups in total. The lowest BCUT2D eigenvalue weighted by molar-refractivity contribution is -0.0611. The van der Waals surface area contributed by atoms with Crippen LogP contribution in [0.25, 0.3) is 0 Å². The maximum Gasteiger partial charge on any atom is 0.407 e. The molecule has 0 bridgehead atoms. The third-order valence-electron chi connectivity index (χ3n) is 5.14. The number of carbonyl (C=O) groups is 1. The Morgan fingerprint density at radius 1 is 1.35 bits per heavy atom. The average Bonchev–Trinajstić information content (AvgIpc) is 2.53. The fourth-order valence-corrected chi connectivity index (χ4v) is 4.03. The first-order chi connectivity index (χ1) is 11.0. The third-order valence-corrected chi connectivity index (χ3v) is 5.14. The lowest BCUT2D eigenvalue weighted by Gasteiger charge is -2.48. The number of hydrogen-bond acceptors (Lipinski definition) is 2. The topological polar surface area (TPSA) is 60.8 Å². The van der Waals surface area contributed by atoms with E-state index in [1.165, 1.54) is 4.90 Å². The zero-order valence-corrected chi connectivity index (χ0v) is 13.5. The van der Waals surface area contributed by atoms with E-state index in [4.69, 9.17) is 0 Å². The molecule has 23 heavy (non-hydrogen) atoms. The van der Waals surface area contributed by atoms with Crippen LogP contribution < -0.4 is 0 Å². The van der Waals surface area contributed by atoms with Crippen LogP contribution in [-0.4, -0.2) is 39.4 Å². The van der Waals surface area contributed by atoms with E-state index >= 15 is 0 Å². The monoisotopic (exact) mass is 313 g/mol. The Bertz CT molecular complexity index is 660. The maximum absolute atomic E-state index is 11.4. The molecule has 4 heteroatoms. The van der Waals surface area contributed by atoms with Gasteiger partial charge in [0.15, 0.2) is 0 Å². The summed E-state index contributed by atoms with van der Waals surface area (Å²) in [6.45, 7) is 2.58. The van der Waals surface area contributed by atoms with Crippen LogP contribution >= 0.6 is 0 Å². The zero-order chi connectivity index (χ0) is 16.4. The number of likely N-dealkylation sites (tertiary alicyclic amines) is 1. The second-order valence-corrected chi connectivity index (χ2v) is 6.73. The highest BCUT2D eigenvalue weighted by molar-refractivity contribution is 5.65. The van der Waals surface area contributed by atoms with Crippen molar-refractivity contribution in [3.8, 4) is 11.8 Å². The highest BCUT2D eigenvalue weighted by Crippen LogP contribution is 2.41. The van der Waals surface area contributed by atoms with Gasteiger partial charge in [-0.05, 0) is 56.7 Å². The first-order valence-electron chi connectivity index (χ1n) is 8.31. The average molecular weight is 313 g/mol. The minimum Gasteiger partial charge on any atom is -0.465 e. The molecule has 0 radical (unpaired) electrons. The minimum absolute atomic E-state index is 0.0848. The first kappa shape index (κ1) is 15.9. The molecule has 1 aliphatic heterocycles. The predicted octanol–water partition coefficient (Wildman–Crippen LogP) is 3.02. The van der Waals surface area contributed by atoms with Crippen molar-refractivity contribution < 1.29 is 15.0 Å². The molecule has 1 amide bonds. The summed E-state index contributed by atoms with van der Waals surface area (Å²) in [5.41, 5.74) is 0.951. The van der Waals surface area contributed by atoms with E-state index in [1.54, 1.807) is 0 Å². The number of aliphatic hydroxyl groups is 1. The van der Waals surface area contributed by atoms with Crippen LogP contribution in [0.2, 0.25) is 0 Å². The van der Waals surface area contributed by atoms with E-state index in [0.29, 0.717) is 13.0 Å². The standard InChI is InChI=1S/C19H23NO3/c1-14-5-2-6-15(13-14)9-11-19(23)10-3-8-17-16(19)7-4-12-20(17)18(21)22/h2,5-6,13,16-17,23H,3-4,7-8,10,12H2,1H3,(H,21,22). The molecule has 3 rings (SSSR count). The van der Waals surface area contributed by atoms with Gasteiger partial charge in [0.2, 0.25) is 0 Å².